The van der Waals surface area contributed by atoms with Crippen LogP contribution in [0.15, 0.2) is 41.2 Å². The van der Waals surface area contributed by atoms with Crippen LogP contribution < -0.4 is 10.1 Å². The van der Waals surface area contributed by atoms with Crippen LogP contribution in [0.1, 0.15) is 50.5 Å². The van der Waals surface area contributed by atoms with Crippen LogP contribution in [-0.4, -0.2) is 32.6 Å². The average molecular weight is 436 g/mol. The summed E-state index contributed by atoms with van der Waals surface area (Å²) >= 11 is 0. The summed E-state index contributed by atoms with van der Waals surface area (Å²) in [7, 11) is 0.168. The molecule has 3 heterocycles. The fourth-order valence-electron chi connectivity index (χ4n) is 4.45. The molecular weight excluding hydrogens is 406 g/mol. The fraction of sp³-hybridized carbons (Fsp3) is 0.458. The molecule has 0 unspecified atom stereocenters. The minimum Gasteiger partial charge on any atom is -0.473 e. The first kappa shape index (κ1) is 20.4. The third-order valence-corrected chi connectivity index (χ3v) is 8.01. The van der Waals surface area contributed by atoms with Crippen molar-refractivity contribution in [2.45, 2.75) is 58.0 Å². The Bertz CT molecular complexity index is 1100. The van der Waals surface area contributed by atoms with Gasteiger partial charge in [-0.1, -0.05) is 17.1 Å². The lowest BCUT2D eigenvalue weighted by atomic mass is 9.98. The first-order chi connectivity index (χ1) is 15.3. The largest absolute Gasteiger partial charge is 0.473 e. The molecule has 3 aromatic rings. The van der Waals surface area contributed by atoms with Crippen LogP contribution in [0.3, 0.4) is 0 Å². The summed E-state index contributed by atoms with van der Waals surface area (Å²) in [5.74, 6) is 3.86. The summed E-state index contributed by atoms with van der Waals surface area (Å²) in [6.45, 7) is 2.11. The van der Waals surface area contributed by atoms with Gasteiger partial charge in [0.05, 0.1) is 11.2 Å². The molecule has 1 saturated heterocycles. The summed E-state index contributed by atoms with van der Waals surface area (Å²) in [5.41, 5.74) is 3.91. The molecule has 162 valence electrons. The maximum Gasteiger partial charge on any atom is 0.238 e. The molecule has 1 N–H and O–H groups in total. The summed E-state index contributed by atoms with van der Waals surface area (Å²) < 4.78 is 11.2. The Kier molecular flexibility index (Phi) is 6.11. The number of hydrogen-bond donors (Lipinski definition) is 1. The van der Waals surface area contributed by atoms with Gasteiger partial charge in [0.25, 0.3) is 0 Å². The first-order valence-electron chi connectivity index (χ1n) is 11.3. The topological polar surface area (TPSA) is 72.3 Å². The molecule has 2 fully saturated rings. The third-order valence-electron chi connectivity index (χ3n) is 6.02. The van der Waals surface area contributed by atoms with Crippen molar-refractivity contribution in [1.82, 2.24) is 15.0 Å². The lowest BCUT2D eigenvalue weighted by Crippen LogP contribution is -2.20. The van der Waals surface area contributed by atoms with E-state index >= 15 is 0 Å². The van der Waals surface area contributed by atoms with Crippen molar-refractivity contribution in [2.75, 3.05) is 16.8 Å². The number of anilines is 2. The lowest BCUT2D eigenvalue weighted by Gasteiger charge is -2.23. The molecule has 2 aliphatic rings. The van der Waals surface area contributed by atoms with Gasteiger partial charge in [0.2, 0.25) is 5.88 Å². The Hall–Kier alpha value is -2.54. The minimum atomic E-state index is 0.168. The van der Waals surface area contributed by atoms with Gasteiger partial charge in [-0.2, -0.15) is 0 Å². The Balaban J connectivity index is 1.45. The number of ether oxygens (including phenoxy) is 1. The third kappa shape index (κ3) is 4.71. The number of hydrogen-bond acceptors (Lipinski definition) is 6. The highest BCUT2D eigenvalue weighted by Crippen LogP contribution is 2.34. The normalized spacial score (nSPS) is 17.7. The molecule has 5 rings (SSSR count). The van der Waals surface area contributed by atoms with Crippen molar-refractivity contribution >= 4 is 38.8 Å². The Morgan fingerprint density at radius 2 is 1.87 bits per heavy atom. The maximum atomic E-state index is 6.26. The zero-order valence-corrected chi connectivity index (χ0v) is 18.8. The van der Waals surface area contributed by atoms with Gasteiger partial charge in [0.1, 0.15) is 23.9 Å². The molecule has 1 aliphatic heterocycles. The van der Waals surface area contributed by atoms with E-state index in [1.54, 1.807) is 12.5 Å². The number of nitrogens with one attached hydrogen (secondary N) is 1. The van der Waals surface area contributed by atoms with E-state index < -0.39 is 0 Å². The standard InChI is InChI=1S/C24H29N5OS/c1-17-14-18(29-31-12-5-6-13-31)15-21-22(17)23(27-16-26-21)28-20-10-7-11-25-24(20)30-19-8-3-2-4-9-19/h7,10-11,14-16,19H,2-6,8-9,12-13H2,1H3,(H,26,27,28). The molecule has 0 spiro atoms. The van der Waals surface area contributed by atoms with Crippen LogP contribution in [0.25, 0.3) is 10.9 Å². The molecule has 0 atom stereocenters. The highest BCUT2D eigenvalue weighted by Gasteiger charge is 2.18. The lowest BCUT2D eigenvalue weighted by molar-refractivity contribution is 0.149. The number of aromatic nitrogens is 3. The molecular formula is C24H29N5OS. The van der Waals surface area contributed by atoms with E-state index in [2.05, 4.69) is 39.3 Å². The van der Waals surface area contributed by atoms with Crippen LogP contribution in [0, 0.1) is 6.92 Å². The van der Waals surface area contributed by atoms with Crippen molar-refractivity contribution in [1.29, 1.82) is 0 Å². The number of nitrogens with zero attached hydrogens (tertiary/aromatic N) is 4. The van der Waals surface area contributed by atoms with E-state index in [1.165, 1.54) is 43.6 Å². The smallest absolute Gasteiger partial charge is 0.238 e. The molecule has 31 heavy (non-hydrogen) atoms. The van der Waals surface area contributed by atoms with Gasteiger partial charge in [0, 0.05) is 23.1 Å². The Labute approximate surface area is 186 Å². The van der Waals surface area contributed by atoms with Crippen LogP contribution in [-0.2, 0) is 10.7 Å². The molecule has 1 aromatic carbocycles. The molecule has 1 saturated carbocycles. The number of fused-ring (bicyclic) bond motifs is 1. The van der Waals surface area contributed by atoms with Gasteiger partial charge in [-0.15, -0.1) is 0 Å². The molecule has 0 amide bonds. The second kappa shape index (κ2) is 9.30. The van der Waals surface area contributed by atoms with Crippen LogP contribution >= 0.6 is 0 Å². The number of benzene rings is 1. The zero-order chi connectivity index (χ0) is 21.0. The van der Waals surface area contributed by atoms with E-state index in [0.717, 1.165) is 46.5 Å². The van der Waals surface area contributed by atoms with Crippen LogP contribution in [0.4, 0.5) is 17.2 Å². The number of rotatable bonds is 5. The van der Waals surface area contributed by atoms with Crippen molar-refractivity contribution < 1.29 is 4.74 Å². The second-order valence-corrected chi connectivity index (χ2v) is 10.3. The van der Waals surface area contributed by atoms with Crippen molar-refractivity contribution in [3.63, 3.8) is 0 Å². The van der Waals surface area contributed by atoms with Crippen molar-refractivity contribution in [2.24, 2.45) is 4.36 Å². The minimum absolute atomic E-state index is 0.168. The van der Waals surface area contributed by atoms with Gasteiger partial charge in [-0.25, -0.2) is 19.3 Å². The molecule has 6 nitrogen and oxygen atoms in total. The number of aryl methyl sites for hydroxylation is 1. The second-order valence-electron chi connectivity index (χ2n) is 8.41. The van der Waals surface area contributed by atoms with Crippen molar-refractivity contribution in [3.05, 3.63) is 42.4 Å². The quantitative estimate of drug-likeness (QED) is 0.531. The molecule has 1 aliphatic carbocycles. The van der Waals surface area contributed by atoms with Gasteiger partial charge in [-0.3, -0.25) is 0 Å². The predicted octanol–water partition coefficient (Wildman–Crippen LogP) is 6.02. The Morgan fingerprint density at radius 1 is 1.03 bits per heavy atom. The monoisotopic (exact) mass is 435 g/mol. The first-order valence-corrected chi connectivity index (χ1v) is 12.8. The van der Waals surface area contributed by atoms with Crippen molar-refractivity contribution in [3.8, 4) is 5.88 Å². The van der Waals surface area contributed by atoms with E-state index in [-0.39, 0.29) is 16.8 Å². The van der Waals surface area contributed by atoms with E-state index in [0.29, 0.717) is 5.88 Å². The predicted molar refractivity (Wildman–Crippen MR) is 128 cm³/mol. The summed E-state index contributed by atoms with van der Waals surface area (Å²) in [6, 6.07) is 8.17. The summed E-state index contributed by atoms with van der Waals surface area (Å²) in [5, 5.41) is 4.49. The SMILES string of the molecule is Cc1cc(N=S2CCCC2)cc2ncnc(Nc3cccnc3OC3CCCCC3)c12. The zero-order valence-electron chi connectivity index (χ0n) is 18.0. The van der Waals surface area contributed by atoms with E-state index in [1.807, 2.05) is 12.1 Å². The van der Waals surface area contributed by atoms with Gasteiger partial charge < -0.3 is 10.1 Å². The molecule has 0 bridgehead atoms. The number of pyridine rings is 1. The summed E-state index contributed by atoms with van der Waals surface area (Å²) in [6.07, 6.45) is 12.2. The van der Waals surface area contributed by atoms with Gasteiger partial charge >= 0.3 is 0 Å². The molecule has 7 heteroatoms. The molecule has 2 aromatic heterocycles. The highest BCUT2D eigenvalue weighted by atomic mass is 32.2. The van der Waals surface area contributed by atoms with E-state index in [9.17, 15) is 0 Å². The fourth-order valence-corrected chi connectivity index (χ4v) is 6.31. The highest BCUT2D eigenvalue weighted by molar-refractivity contribution is 7.87. The average Bonchev–Trinajstić information content (AvgIpc) is 3.29. The van der Waals surface area contributed by atoms with Crippen LogP contribution in [0.2, 0.25) is 0 Å². The Morgan fingerprint density at radius 3 is 2.71 bits per heavy atom. The van der Waals surface area contributed by atoms with Gasteiger partial charge in [-0.05, 0) is 75.3 Å². The van der Waals surface area contributed by atoms with Crippen LogP contribution in [0.5, 0.6) is 5.88 Å². The maximum absolute atomic E-state index is 6.26. The summed E-state index contributed by atoms with van der Waals surface area (Å²) in [4.78, 5) is 13.6. The van der Waals surface area contributed by atoms with E-state index in [4.69, 9.17) is 9.10 Å². The molecule has 0 radical (unpaired) electrons. The van der Waals surface area contributed by atoms with Gasteiger partial charge in [0.15, 0.2) is 0 Å².